The number of amides is 1. The minimum atomic E-state index is -0.878. The lowest BCUT2D eigenvalue weighted by atomic mass is 9.64. The molecule has 0 aromatic rings. The van der Waals surface area contributed by atoms with Crippen molar-refractivity contribution in [2.24, 2.45) is 16.6 Å². The standard InChI is InChI=1S/C12H21NO2/c1-11(2,3)9(14)12(10(13)15)7-5-4-6-8-12/h4-8H2,1-3H3,(H2,13,15). The second-order valence-corrected chi connectivity index (χ2v) is 5.59. The van der Waals surface area contributed by atoms with E-state index in [2.05, 4.69) is 0 Å². The van der Waals surface area contributed by atoms with Gasteiger partial charge in [0.05, 0.1) is 0 Å². The van der Waals surface area contributed by atoms with Crippen LogP contribution in [0.1, 0.15) is 52.9 Å². The highest BCUT2D eigenvalue weighted by Gasteiger charge is 2.48. The maximum Gasteiger partial charge on any atom is 0.231 e. The SMILES string of the molecule is CC(C)(C)C(=O)C1(C(N)=O)CCCCC1. The van der Waals surface area contributed by atoms with Crippen LogP contribution in [0.5, 0.6) is 0 Å². The molecule has 0 spiro atoms. The molecule has 0 heterocycles. The number of hydrogen-bond acceptors (Lipinski definition) is 2. The highest BCUT2D eigenvalue weighted by molar-refractivity contribution is 6.07. The van der Waals surface area contributed by atoms with Crippen molar-refractivity contribution in [3.63, 3.8) is 0 Å². The summed E-state index contributed by atoms with van der Waals surface area (Å²) in [5.74, 6) is -0.413. The minimum absolute atomic E-state index is 0.0159. The van der Waals surface area contributed by atoms with E-state index in [1.54, 1.807) is 0 Å². The summed E-state index contributed by atoms with van der Waals surface area (Å²) in [6, 6.07) is 0. The minimum Gasteiger partial charge on any atom is -0.369 e. The van der Waals surface area contributed by atoms with Gasteiger partial charge in [0.1, 0.15) is 5.41 Å². The van der Waals surface area contributed by atoms with Crippen LogP contribution in [-0.4, -0.2) is 11.7 Å². The van der Waals surface area contributed by atoms with Crippen LogP contribution in [0.4, 0.5) is 0 Å². The van der Waals surface area contributed by atoms with E-state index in [0.29, 0.717) is 12.8 Å². The number of hydrogen-bond donors (Lipinski definition) is 1. The van der Waals surface area contributed by atoms with Gasteiger partial charge in [0.15, 0.2) is 5.78 Å². The summed E-state index contributed by atoms with van der Waals surface area (Å²) in [6.45, 7) is 5.57. The molecule has 0 aliphatic heterocycles. The Labute approximate surface area is 91.4 Å². The van der Waals surface area contributed by atoms with E-state index in [-0.39, 0.29) is 5.78 Å². The van der Waals surface area contributed by atoms with Crippen molar-refractivity contribution in [3.05, 3.63) is 0 Å². The molecular weight excluding hydrogens is 190 g/mol. The molecule has 0 atom stereocenters. The van der Waals surface area contributed by atoms with E-state index >= 15 is 0 Å². The van der Waals surface area contributed by atoms with Gasteiger partial charge < -0.3 is 5.73 Å². The fourth-order valence-corrected chi connectivity index (χ4v) is 2.46. The molecule has 0 unspecified atom stereocenters. The summed E-state index contributed by atoms with van der Waals surface area (Å²) in [4.78, 5) is 23.8. The summed E-state index contributed by atoms with van der Waals surface area (Å²) >= 11 is 0. The molecule has 2 N–H and O–H groups in total. The smallest absolute Gasteiger partial charge is 0.231 e. The zero-order valence-electron chi connectivity index (χ0n) is 9.93. The molecule has 0 radical (unpaired) electrons. The molecule has 1 rings (SSSR count). The van der Waals surface area contributed by atoms with Crippen molar-refractivity contribution in [1.29, 1.82) is 0 Å². The number of primary amides is 1. The van der Waals surface area contributed by atoms with Crippen molar-refractivity contribution >= 4 is 11.7 Å². The highest BCUT2D eigenvalue weighted by Crippen LogP contribution is 2.41. The number of nitrogens with two attached hydrogens (primary N) is 1. The lowest BCUT2D eigenvalue weighted by Gasteiger charge is -2.37. The third kappa shape index (κ3) is 2.21. The Balaban J connectivity index is 3.01. The molecule has 1 aliphatic rings. The lowest BCUT2D eigenvalue weighted by molar-refractivity contribution is -0.148. The molecule has 3 nitrogen and oxygen atoms in total. The van der Waals surface area contributed by atoms with E-state index < -0.39 is 16.7 Å². The Morgan fingerprint density at radius 1 is 1.07 bits per heavy atom. The number of carbonyl (C=O) groups is 2. The van der Waals surface area contributed by atoms with Crippen molar-refractivity contribution in [2.75, 3.05) is 0 Å². The molecule has 1 amide bonds. The van der Waals surface area contributed by atoms with Crippen LogP contribution in [0.25, 0.3) is 0 Å². The summed E-state index contributed by atoms with van der Waals surface area (Å²) in [5, 5.41) is 0. The van der Waals surface area contributed by atoms with Crippen LogP contribution in [-0.2, 0) is 9.59 Å². The van der Waals surface area contributed by atoms with Crippen LogP contribution in [0.2, 0.25) is 0 Å². The Hall–Kier alpha value is -0.860. The van der Waals surface area contributed by atoms with Gasteiger partial charge in [-0.25, -0.2) is 0 Å². The maximum absolute atomic E-state index is 12.3. The van der Waals surface area contributed by atoms with E-state index in [1.165, 1.54) is 0 Å². The first-order chi connectivity index (χ1) is 6.81. The Bertz CT molecular complexity index is 270. The largest absolute Gasteiger partial charge is 0.369 e. The molecular formula is C12H21NO2. The third-order valence-corrected chi connectivity index (χ3v) is 3.29. The number of Topliss-reactive ketones (excluding diaryl/α,β-unsaturated/α-hetero) is 1. The van der Waals surface area contributed by atoms with Gasteiger partial charge >= 0.3 is 0 Å². The van der Waals surface area contributed by atoms with Gasteiger partial charge in [-0.2, -0.15) is 0 Å². The number of ketones is 1. The molecule has 0 bridgehead atoms. The van der Waals surface area contributed by atoms with Crippen molar-refractivity contribution < 1.29 is 9.59 Å². The highest BCUT2D eigenvalue weighted by atomic mass is 16.2. The topological polar surface area (TPSA) is 60.2 Å². The average molecular weight is 211 g/mol. The molecule has 1 saturated carbocycles. The summed E-state index contributed by atoms with van der Waals surface area (Å²) in [6.07, 6.45) is 4.25. The van der Waals surface area contributed by atoms with Crippen LogP contribution < -0.4 is 5.73 Å². The fourth-order valence-electron chi connectivity index (χ4n) is 2.46. The van der Waals surface area contributed by atoms with Crippen LogP contribution >= 0.6 is 0 Å². The molecule has 1 fully saturated rings. The van der Waals surface area contributed by atoms with Gasteiger partial charge in [0.25, 0.3) is 0 Å². The predicted octanol–water partition coefficient (Wildman–Crippen LogP) is 2.04. The Morgan fingerprint density at radius 2 is 1.53 bits per heavy atom. The monoisotopic (exact) mass is 211 g/mol. The van der Waals surface area contributed by atoms with Crippen LogP contribution in [0, 0.1) is 10.8 Å². The molecule has 0 saturated heterocycles. The quantitative estimate of drug-likeness (QED) is 0.710. The Kier molecular flexibility index (Phi) is 3.22. The number of carbonyl (C=O) groups excluding carboxylic acids is 2. The maximum atomic E-state index is 12.3. The van der Waals surface area contributed by atoms with Crippen molar-refractivity contribution in [1.82, 2.24) is 0 Å². The van der Waals surface area contributed by atoms with E-state index in [1.807, 2.05) is 20.8 Å². The van der Waals surface area contributed by atoms with Gasteiger partial charge in [-0.15, -0.1) is 0 Å². The summed E-state index contributed by atoms with van der Waals surface area (Å²) in [5.41, 5.74) is 4.08. The first kappa shape index (κ1) is 12.2. The van der Waals surface area contributed by atoms with E-state index in [9.17, 15) is 9.59 Å². The van der Waals surface area contributed by atoms with E-state index in [0.717, 1.165) is 19.3 Å². The third-order valence-electron chi connectivity index (χ3n) is 3.29. The van der Waals surface area contributed by atoms with Crippen molar-refractivity contribution in [3.8, 4) is 0 Å². The first-order valence-corrected chi connectivity index (χ1v) is 5.65. The first-order valence-electron chi connectivity index (χ1n) is 5.65. The molecule has 0 aromatic heterocycles. The molecule has 86 valence electrons. The zero-order chi connectivity index (χ0) is 11.7. The predicted molar refractivity (Wildman–Crippen MR) is 59.2 cm³/mol. The van der Waals surface area contributed by atoms with Crippen LogP contribution in [0.3, 0.4) is 0 Å². The van der Waals surface area contributed by atoms with E-state index in [4.69, 9.17) is 5.73 Å². The van der Waals surface area contributed by atoms with Gasteiger partial charge in [-0.1, -0.05) is 40.0 Å². The van der Waals surface area contributed by atoms with Gasteiger partial charge in [-0.3, -0.25) is 9.59 Å². The normalized spacial score (nSPS) is 21.0. The zero-order valence-corrected chi connectivity index (χ0v) is 9.93. The van der Waals surface area contributed by atoms with Gasteiger partial charge in [0.2, 0.25) is 5.91 Å². The summed E-state index contributed by atoms with van der Waals surface area (Å²) < 4.78 is 0. The van der Waals surface area contributed by atoms with Gasteiger partial charge in [-0.05, 0) is 12.8 Å². The lowest BCUT2D eigenvalue weighted by Crippen LogP contribution is -2.49. The Morgan fingerprint density at radius 3 is 1.87 bits per heavy atom. The second-order valence-electron chi connectivity index (χ2n) is 5.59. The molecule has 3 heteroatoms. The molecule has 1 aliphatic carbocycles. The molecule has 0 aromatic carbocycles. The fraction of sp³-hybridized carbons (Fsp3) is 0.833. The number of rotatable bonds is 2. The second kappa shape index (κ2) is 3.95. The average Bonchev–Trinajstić information content (AvgIpc) is 2.16. The van der Waals surface area contributed by atoms with Crippen LogP contribution in [0.15, 0.2) is 0 Å². The van der Waals surface area contributed by atoms with Gasteiger partial charge in [0, 0.05) is 5.41 Å². The molecule has 15 heavy (non-hydrogen) atoms. The van der Waals surface area contributed by atoms with Crippen molar-refractivity contribution in [2.45, 2.75) is 52.9 Å². The summed E-state index contributed by atoms with van der Waals surface area (Å²) in [7, 11) is 0.